The number of rotatable bonds is 13. The normalized spacial score (nSPS) is 14.2. The summed E-state index contributed by atoms with van der Waals surface area (Å²) in [5.41, 5.74) is 0. The van der Waals surface area contributed by atoms with E-state index in [0.717, 1.165) is 25.7 Å². The summed E-state index contributed by atoms with van der Waals surface area (Å²) in [6, 6.07) is 0. The Balaban J connectivity index is 3.65. The highest BCUT2D eigenvalue weighted by Crippen LogP contribution is 2.02. The first-order valence-electron chi connectivity index (χ1n) is 8.35. The van der Waals surface area contributed by atoms with E-state index < -0.39 is 12.1 Å². The average Bonchev–Trinajstić information content (AvgIpc) is 2.51. The maximum atomic E-state index is 10.3. The number of allylic oxidation sites excluding steroid dienone is 9. The van der Waals surface area contributed by atoms with Crippen LogP contribution in [0.15, 0.2) is 60.8 Å². The standard InChI is InChI=1S/C20H30O3/c1-2-3-4-5-6-7-8-9-10-11-12-13-14-16-19(21)17-15-18-20(22)23/h3-4,6-7,9-10,12-14,16,19,21H,2,5,8,11,15,17-18H2,1H3,(H,22,23)/t19-/m1/s1. The predicted octanol–water partition coefficient (Wildman–Crippen LogP) is 4.96. The van der Waals surface area contributed by atoms with Crippen molar-refractivity contribution >= 4 is 5.97 Å². The molecule has 0 amide bonds. The van der Waals surface area contributed by atoms with Gasteiger partial charge in [-0.2, -0.15) is 0 Å². The number of carboxylic acids is 1. The monoisotopic (exact) mass is 318 g/mol. The third-order valence-electron chi connectivity index (χ3n) is 3.02. The highest BCUT2D eigenvalue weighted by atomic mass is 16.4. The van der Waals surface area contributed by atoms with Crippen molar-refractivity contribution in [2.45, 2.75) is 58.0 Å². The van der Waals surface area contributed by atoms with Gasteiger partial charge in [-0.25, -0.2) is 0 Å². The second-order valence-corrected chi connectivity index (χ2v) is 5.20. The van der Waals surface area contributed by atoms with E-state index in [2.05, 4.69) is 43.4 Å². The van der Waals surface area contributed by atoms with Crippen LogP contribution in [0, 0.1) is 0 Å². The van der Waals surface area contributed by atoms with Crippen molar-refractivity contribution in [1.29, 1.82) is 0 Å². The lowest BCUT2D eigenvalue weighted by Crippen LogP contribution is -2.03. The number of hydrogen-bond acceptors (Lipinski definition) is 2. The lowest BCUT2D eigenvalue weighted by molar-refractivity contribution is -0.137. The molecular formula is C20H30O3. The van der Waals surface area contributed by atoms with Crippen molar-refractivity contribution in [3.8, 4) is 0 Å². The molecule has 0 rings (SSSR count). The molecule has 3 heteroatoms. The van der Waals surface area contributed by atoms with E-state index in [1.165, 1.54) is 0 Å². The van der Waals surface area contributed by atoms with Gasteiger partial charge in [0.05, 0.1) is 6.10 Å². The van der Waals surface area contributed by atoms with Crippen LogP contribution in [0.1, 0.15) is 51.9 Å². The summed E-state index contributed by atoms with van der Waals surface area (Å²) in [6.07, 6.45) is 24.7. The largest absolute Gasteiger partial charge is 0.481 e. The smallest absolute Gasteiger partial charge is 0.303 e. The zero-order chi connectivity index (χ0) is 17.2. The highest BCUT2D eigenvalue weighted by molar-refractivity contribution is 5.66. The summed E-state index contributed by atoms with van der Waals surface area (Å²) in [4.78, 5) is 10.3. The molecule has 1 atom stereocenters. The summed E-state index contributed by atoms with van der Waals surface area (Å²) in [5, 5.41) is 18.1. The Morgan fingerprint density at radius 2 is 1.48 bits per heavy atom. The lowest BCUT2D eigenvalue weighted by Gasteiger charge is -2.02. The molecule has 0 aliphatic rings. The molecule has 0 aromatic heterocycles. The van der Waals surface area contributed by atoms with Crippen molar-refractivity contribution in [2.24, 2.45) is 0 Å². The summed E-state index contributed by atoms with van der Waals surface area (Å²) >= 11 is 0. The fraction of sp³-hybridized carbons (Fsp3) is 0.450. The highest BCUT2D eigenvalue weighted by Gasteiger charge is 2.01. The van der Waals surface area contributed by atoms with Gasteiger partial charge >= 0.3 is 5.97 Å². The molecular weight excluding hydrogens is 288 g/mol. The minimum atomic E-state index is -0.819. The topological polar surface area (TPSA) is 57.5 Å². The molecule has 0 aromatic carbocycles. The Morgan fingerprint density at radius 1 is 0.913 bits per heavy atom. The van der Waals surface area contributed by atoms with Gasteiger partial charge in [-0.15, -0.1) is 0 Å². The van der Waals surface area contributed by atoms with Crippen LogP contribution in [-0.4, -0.2) is 22.3 Å². The van der Waals surface area contributed by atoms with Crippen LogP contribution in [0.2, 0.25) is 0 Å². The molecule has 0 radical (unpaired) electrons. The van der Waals surface area contributed by atoms with Gasteiger partial charge in [0, 0.05) is 6.42 Å². The van der Waals surface area contributed by atoms with E-state index in [1.807, 2.05) is 12.2 Å². The van der Waals surface area contributed by atoms with Gasteiger partial charge in [0.15, 0.2) is 0 Å². The lowest BCUT2D eigenvalue weighted by atomic mass is 10.1. The average molecular weight is 318 g/mol. The minimum absolute atomic E-state index is 0.106. The first-order chi connectivity index (χ1) is 11.2. The fourth-order valence-electron chi connectivity index (χ4n) is 1.79. The molecule has 0 saturated heterocycles. The van der Waals surface area contributed by atoms with Crippen molar-refractivity contribution < 1.29 is 15.0 Å². The SMILES string of the molecule is CCC=CCC=CCC=CCC=CC=C[C@@H](O)CCCC(=O)O. The number of aliphatic carboxylic acids is 1. The van der Waals surface area contributed by atoms with Crippen LogP contribution in [0.3, 0.4) is 0 Å². The first-order valence-corrected chi connectivity index (χ1v) is 8.35. The summed E-state index contributed by atoms with van der Waals surface area (Å²) in [7, 11) is 0. The predicted molar refractivity (Wildman–Crippen MR) is 97.3 cm³/mol. The Bertz CT molecular complexity index is 428. The molecule has 0 aromatic rings. The zero-order valence-electron chi connectivity index (χ0n) is 14.1. The van der Waals surface area contributed by atoms with Crippen LogP contribution < -0.4 is 0 Å². The molecule has 0 unspecified atom stereocenters. The molecule has 2 N–H and O–H groups in total. The van der Waals surface area contributed by atoms with Gasteiger partial charge in [0.1, 0.15) is 0 Å². The minimum Gasteiger partial charge on any atom is -0.481 e. The van der Waals surface area contributed by atoms with E-state index in [0.29, 0.717) is 12.8 Å². The molecule has 0 saturated carbocycles. The quantitative estimate of drug-likeness (QED) is 0.372. The van der Waals surface area contributed by atoms with Gasteiger partial charge in [-0.1, -0.05) is 67.7 Å². The van der Waals surface area contributed by atoms with Gasteiger partial charge in [-0.05, 0) is 38.5 Å². The second-order valence-electron chi connectivity index (χ2n) is 5.20. The van der Waals surface area contributed by atoms with E-state index in [9.17, 15) is 9.90 Å². The number of aliphatic hydroxyl groups is 1. The summed E-state index contributed by atoms with van der Waals surface area (Å²) < 4.78 is 0. The number of carbonyl (C=O) groups is 1. The van der Waals surface area contributed by atoms with Crippen LogP contribution in [0.4, 0.5) is 0 Å². The van der Waals surface area contributed by atoms with E-state index in [-0.39, 0.29) is 6.42 Å². The van der Waals surface area contributed by atoms with Crippen molar-refractivity contribution in [1.82, 2.24) is 0 Å². The molecule has 128 valence electrons. The Kier molecular flexibility index (Phi) is 15.2. The number of carboxylic acid groups (broad SMARTS) is 1. The number of hydrogen-bond donors (Lipinski definition) is 2. The van der Waals surface area contributed by atoms with Crippen LogP contribution in [0.5, 0.6) is 0 Å². The molecule has 0 bridgehead atoms. The van der Waals surface area contributed by atoms with E-state index in [4.69, 9.17) is 5.11 Å². The molecule has 23 heavy (non-hydrogen) atoms. The van der Waals surface area contributed by atoms with Crippen LogP contribution in [-0.2, 0) is 4.79 Å². The molecule has 0 aliphatic carbocycles. The molecule has 3 nitrogen and oxygen atoms in total. The Morgan fingerprint density at radius 3 is 2.04 bits per heavy atom. The van der Waals surface area contributed by atoms with E-state index >= 15 is 0 Å². The Labute approximate surface area is 140 Å². The maximum absolute atomic E-state index is 10.3. The van der Waals surface area contributed by atoms with E-state index in [1.54, 1.807) is 12.2 Å². The fourth-order valence-corrected chi connectivity index (χ4v) is 1.79. The maximum Gasteiger partial charge on any atom is 0.303 e. The van der Waals surface area contributed by atoms with Crippen LogP contribution >= 0.6 is 0 Å². The van der Waals surface area contributed by atoms with Crippen molar-refractivity contribution in [3.05, 3.63) is 60.8 Å². The summed E-state index contributed by atoms with van der Waals surface area (Å²) in [6.45, 7) is 2.13. The number of aliphatic hydroxyl groups excluding tert-OH is 1. The Hall–Kier alpha value is -1.87. The molecule has 0 fully saturated rings. The van der Waals surface area contributed by atoms with Crippen molar-refractivity contribution in [2.75, 3.05) is 0 Å². The summed E-state index contributed by atoms with van der Waals surface area (Å²) in [5.74, 6) is -0.819. The zero-order valence-corrected chi connectivity index (χ0v) is 14.1. The molecule has 0 aliphatic heterocycles. The van der Waals surface area contributed by atoms with Gasteiger partial charge in [-0.3, -0.25) is 4.79 Å². The van der Waals surface area contributed by atoms with Gasteiger partial charge in [0.25, 0.3) is 0 Å². The third kappa shape index (κ3) is 18.1. The third-order valence-corrected chi connectivity index (χ3v) is 3.02. The molecule has 0 heterocycles. The first kappa shape index (κ1) is 21.1. The second kappa shape index (κ2) is 16.5. The molecule has 0 spiro atoms. The van der Waals surface area contributed by atoms with Crippen molar-refractivity contribution in [3.63, 3.8) is 0 Å². The van der Waals surface area contributed by atoms with Gasteiger partial charge < -0.3 is 10.2 Å². The van der Waals surface area contributed by atoms with Gasteiger partial charge in [0.2, 0.25) is 0 Å². The van der Waals surface area contributed by atoms with Crippen LogP contribution in [0.25, 0.3) is 0 Å².